The van der Waals surface area contributed by atoms with Gasteiger partial charge in [-0.3, -0.25) is 9.59 Å². The van der Waals surface area contributed by atoms with Crippen LogP contribution in [0, 0.1) is 0 Å². The van der Waals surface area contributed by atoms with Crippen molar-refractivity contribution in [3.8, 4) is 0 Å². The Morgan fingerprint density at radius 1 is 1.35 bits per heavy atom. The minimum Gasteiger partial charge on any atom is -0.462 e. The molecule has 0 bridgehead atoms. The van der Waals surface area contributed by atoms with E-state index >= 15 is 0 Å². The highest BCUT2D eigenvalue weighted by Crippen LogP contribution is 2.39. The number of aryl methyl sites for hydroxylation is 1. The number of primary amides is 1. The molecule has 3 N–H and O–H groups in total. The van der Waals surface area contributed by atoms with E-state index in [1.165, 1.54) is 17.5 Å². The van der Waals surface area contributed by atoms with Gasteiger partial charge in [-0.15, -0.1) is 11.3 Å². The van der Waals surface area contributed by atoms with Crippen LogP contribution in [0.1, 0.15) is 44.5 Å². The molecule has 2 amide bonds. The lowest BCUT2D eigenvalue weighted by atomic mass is 10.1. The van der Waals surface area contributed by atoms with Gasteiger partial charge < -0.3 is 15.8 Å². The first kappa shape index (κ1) is 18.1. The number of ether oxygens (including phenoxy) is 1. The molecule has 0 radical (unpaired) electrons. The van der Waals surface area contributed by atoms with Crippen LogP contribution in [-0.2, 0) is 28.9 Å². The van der Waals surface area contributed by atoms with E-state index in [1.807, 2.05) is 0 Å². The molecule has 0 aliphatic heterocycles. The molecule has 136 valence electrons. The highest BCUT2D eigenvalue weighted by molar-refractivity contribution is 7.17. The third kappa shape index (κ3) is 3.75. The van der Waals surface area contributed by atoms with Gasteiger partial charge >= 0.3 is 5.97 Å². The van der Waals surface area contributed by atoms with E-state index in [-0.39, 0.29) is 19.1 Å². The summed E-state index contributed by atoms with van der Waals surface area (Å²) in [6, 6.07) is 3.23. The summed E-state index contributed by atoms with van der Waals surface area (Å²) < 4.78 is 6.72. The summed E-state index contributed by atoms with van der Waals surface area (Å²) in [6.07, 6.45) is 5.94. The van der Waals surface area contributed by atoms with Crippen LogP contribution in [-0.4, -0.2) is 24.4 Å². The summed E-state index contributed by atoms with van der Waals surface area (Å²) >= 11 is 1.43. The monoisotopic (exact) mass is 374 g/mol. The van der Waals surface area contributed by atoms with E-state index in [4.69, 9.17) is 10.5 Å². The molecule has 0 spiro atoms. The van der Waals surface area contributed by atoms with Gasteiger partial charge in [-0.1, -0.05) is 0 Å². The molecule has 2 aromatic heterocycles. The minimum absolute atomic E-state index is 0.00590. The Kier molecular flexibility index (Phi) is 5.32. The summed E-state index contributed by atoms with van der Waals surface area (Å²) in [5, 5.41) is 3.35. The molecule has 0 saturated carbocycles. The van der Waals surface area contributed by atoms with Crippen molar-refractivity contribution in [3.63, 3.8) is 0 Å². The van der Waals surface area contributed by atoms with E-state index in [0.29, 0.717) is 16.1 Å². The van der Waals surface area contributed by atoms with E-state index in [0.717, 1.165) is 29.7 Å². The van der Waals surface area contributed by atoms with Crippen molar-refractivity contribution in [2.45, 2.75) is 32.7 Å². The number of nitrogens with two attached hydrogens (primary N) is 1. The van der Waals surface area contributed by atoms with Crippen molar-refractivity contribution in [1.82, 2.24) is 0 Å². The van der Waals surface area contributed by atoms with Crippen LogP contribution in [0.15, 0.2) is 24.5 Å². The molecule has 0 atom stereocenters. The van der Waals surface area contributed by atoms with Gasteiger partial charge in [0.1, 0.15) is 10.6 Å². The average Bonchev–Trinajstić information content (AvgIpc) is 3.15. The first-order valence-electron chi connectivity index (χ1n) is 8.40. The molecular formula is C18H20N3O4S+. The Bertz CT molecular complexity index is 875. The highest BCUT2D eigenvalue weighted by Gasteiger charge is 2.28. The molecule has 0 saturated heterocycles. The van der Waals surface area contributed by atoms with Crippen LogP contribution in [0.2, 0.25) is 0 Å². The molecule has 2 aromatic rings. The summed E-state index contributed by atoms with van der Waals surface area (Å²) in [6.45, 7) is 2.05. The van der Waals surface area contributed by atoms with Gasteiger partial charge in [0.25, 0.3) is 11.8 Å². The van der Waals surface area contributed by atoms with Crippen molar-refractivity contribution < 1.29 is 23.7 Å². The zero-order valence-electron chi connectivity index (χ0n) is 14.4. The first-order chi connectivity index (χ1) is 12.5. The first-order valence-corrected chi connectivity index (χ1v) is 9.21. The number of anilines is 1. The van der Waals surface area contributed by atoms with Gasteiger partial charge in [-0.2, -0.15) is 4.57 Å². The normalized spacial score (nSPS) is 12.5. The number of amides is 2. The third-order valence-electron chi connectivity index (χ3n) is 4.12. The molecule has 0 aromatic carbocycles. The number of nitrogens with one attached hydrogen (secondary N) is 1. The van der Waals surface area contributed by atoms with Crippen molar-refractivity contribution in [1.29, 1.82) is 0 Å². The Hall–Kier alpha value is -2.74. The number of fused-ring (bicyclic) bond motifs is 1. The predicted molar refractivity (Wildman–Crippen MR) is 96.1 cm³/mol. The standard InChI is InChI=1S/C18H19N3O4S/c1-2-25-18(24)15-12-6-3-7-13(12)26-17(15)20-14(22)10-21-8-4-5-11(9-21)16(19)23/h4-5,8-9H,2-3,6-7,10H2,1H3,(H2-,19,20,22,23,24)/p+1. The summed E-state index contributed by atoms with van der Waals surface area (Å²) in [7, 11) is 0. The lowest BCUT2D eigenvalue weighted by Gasteiger charge is -2.07. The van der Waals surface area contributed by atoms with Gasteiger partial charge in [0.05, 0.1) is 12.2 Å². The summed E-state index contributed by atoms with van der Waals surface area (Å²) in [4.78, 5) is 37.1. The summed E-state index contributed by atoms with van der Waals surface area (Å²) in [5.74, 6) is -1.24. The van der Waals surface area contributed by atoms with Gasteiger partial charge in [0.15, 0.2) is 12.4 Å². The van der Waals surface area contributed by atoms with Gasteiger partial charge in [0.2, 0.25) is 6.54 Å². The van der Waals surface area contributed by atoms with Crippen molar-refractivity contribution in [3.05, 3.63) is 46.1 Å². The molecular weight excluding hydrogens is 354 g/mol. The zero-order valence-corrected chi connectivity index (χ0v) is 15.2. The maximum absolute atomic E-state index is 12.4. The van der Waals surface area contributed by atoms with Crippen LogP contribution in [0.5, 0.6) is 0 Å². The largest absolute Gasteiger partial charge is 0.462 e. The highest BCUT2D eigenvalue weighted by atomic mass is 32.1. The predicted octanol–water partition coefficient (Wildman–Crippen LogP) is 1.44. The number of carbonyl (C=O) groups excluding carboxylic acids is 3. The van der Waals surface area contributed by atoms with Crippen LogP contribution in [0.3, 0.4) is 0 Å². The average molecular weight is 374 g/mol. The maximum Gasteiger partial charge on any atom is 0.341 e. The lowest BCUT2D eigenvalue weighted by Crippen LogP contribution is -2.40. The quantitative estimate of drug-likeness (QED) is 0.590. The van der Waals surface area contributed by atoms with Crippen LogP contribution >= 0.6 is 11.3 Å². The van der Waals surface area contributed by atoms with Gasteiger partial charge in [-0.25, -0.2) is 4.79 Å². The van der Waals surface area contributed by atoms with Crippen LogP contribution < -0.4 is 15.6 Å². The number of nitrogens with zero attached hydrogens (tertiary/aromatic N) is 1. The number of hydrogen-bond acceptors (Lipinski definition) is 5. The summed E-state index contributed by atoms with van der Waals surface area (Å²) in [5.41, 5.74) is 7.05. The molecule has 1 aliphatic rings. The molecule has 0 fully saturated rings. The topological polar surface area (TPSA) is 102 Å². The van der Waals surface area contributed by atoms with Crippen LogP contribution in [0.4, 0.5) is 5.00 Å². The number of aromatic nitrogens is 1. The molecule has 26 heavy (non-hydrogen) atoms. The molecule has 2 heterocycles. The Morgan fingerprint density at radius 3 is 2.88 bits per heavy atom. The van der Waals surface area contributed by atoms with Crippen molar-refractivity contribution in [2.75, 3.05) is 11.9 Å². The van der Waals surface area contributed by atoms with Gasteiger partial charge in [-0.05, 0) is 37.8 Å². The second kappa shape index (κ2) is 7.65. The van der Waals surface area contributed by atoms with E-state index in [2.05, 4.69) is 5.32 Å². The number of carbonyl (C=O) groups is 3. The fourth-order valence-corrected chi connectivity index (χ4v) is 4.30. The maximum atomic E-state index is 12.4. The number of esters is 1. The Balaban J connectivity index is 1.78. The van der Waals surface area contributed by atoms with E-state index in [9.17, 15) is 14.4 Å². The van der Waals surface area contributed by atoms with Crippen molar-refractivity contribution >= 4 is 34.1 Å². The molecule has 8 heteroatoms. The number of hydrogen-bond donors (Lipinski definition) is 2. The third-order valence-corrected chi connectivity index (χ3v) is 5.33. The Morgan fingerprint density at radius 2 is 2.15 bits per heavy atom. The van der Waals surface area contributed by atoms with Crippen LogP contribution in [0.25, 0.3) is 0 Å². The fraction of sp³-hybridized carbons (Fsp3) is 0.333. The van der Waals surface area contributed by atoms with Gasteiger partial charge in [0, 0.05) is 10.9 Å². The number of thiophene rings is 1. The zero-order chi connectivity index (χ0) is 18.7. The number of rotatable bonds is 6. The molecule has 1 aliphatic carbocycles. The second-order valence-corrected chi connectivity index (χ2v) is 7.06. The Labute approximate surface area is 154 Å². The van der Waals surface area contributed by atoms with E-state index < -0.39 is 11.9 Å². The number of pyridine rings is 1. The minimum atomic E-state index is -0.556. The van der Waals surface area contributed by atoms with Crippen molar-refractivity contribution in [2.24, 2.45) is 5.73 Å². The molecule has 3 rings (SSSR count). The fourth-order valence-electron chi connectivity index (χ4n) is 3.01. The lowest BCUT2D eigenvalue weighted by molar-refractivity contribution is -0.684. The van der Waals surface area contributed by atoms with E-state index in [1.54, 1.807) is 29.8 Å². The smallest absolute Gasteiger partial charge is 0.341 e. The molecule has 0 unspecified atom stereocenters. The molecule has 7 nitrogen and oxygen atoms in total. The second-order valence-electron chi connectivity index (χ2n) is 5.96. The SMILES string of the molecule is CCOC(=O)c1c(NC(=O)C[n+]2cccc(C(N)=O)c2)sc2c1CCC2.